The molecule has 0 spiro atoms. The zero-order valence-electron chi connectivity index (χ0n) is 16.4. The Labute approximate surface area is 161 Å². The number of methoxy groups -OCH3 is 1. The lowest BCUT2D eigenvalue weighted by Crippen LogP contribution is -2.35. The van der Waals surface area contributed by atoms with Crippen molar-refractivity contribution < 1.29 is 4.74 Å². The fourth-order valence-corrected chi connectivity index (χ4v) is 4.28. The van der Waals surface area contributed by atoms with E-state index >= 15 is 0 Å². The van der Waals surface area contributed by atoms with Crippen molar-refractivity contribution in [1.82, 2.24) is 19.4 Å². The van der Waals surface area contributed by atoms with Crippen LogP contribution in [0.25, 0.3) is 11.0 Å². The van der Waals surface area contributed by atoms with Crippen molar-refractivity contribution in [1.29, 1.82) is 0 Å². The van der Waals surface area contributed by atoms with E-state index in [-0.39, 0.29) is 0 Å². The van der Waals surface area contributed by atoms with E-state index in [2.05, 4.69) is 52.6 Å². The summed E-state index contributed by atoms with van der Waals surface area (Å²) in [6.45, 7) is 7.50. The quantitative estimate of drug-likeness (QED) is 0.673. The molecule has 1 aliphatic rings. The van der Waals surface area contributed by atoms with E-state index in [1.54, 1.807) is 13.3 Å². The van der Waals surface area contributed by atoms with Gasteiger partial charge in [-0.25, -0.2) is 4.98 Å². The van der Waals surface area contributed by atoms with Crippen molar-refractivity contribution in [2.45, 2.75) is 45.2 Å². The van der Waals surface area contributed by atoms with Crippen LogP contribution >= 0.6 is 0 Å². The molecular weight excluding hydrogens is 336 g/mol. The molecule has 1 unspecified atom stereocenters. The summed E-state index contributed by atoms with van der Waals surface area (Å²) in [5.41, 5.74) is 3.50. The number of fused-ring (bicyclic) bond motifs is 1. The van der Waals surface area contributed by atoms with E-state index in [1.807, 2.05) is 12.3 Å². The Morgan fingerprint density at radius 3 is 2.89 bits per heavy atom. The molecule has 0 radical (unpaired) electrons. The number of ether oxygens (including phenoxy) is 1. The van der Waals surface area contributed by atoms with Crippen molar-refractivity contribution in [3.63, 3.8) is 0 Å². The van der Waals surface area contributed by atoms with E-state index in [0.717, 1.165) is 36.5 Å². The van der Waals surface area contributed by atoms with Gasteiger partial charge >= 0.3 is 0 Å². The summed E-state index contributed by atoms with van der Waals surface area (Å²) in [6, 6.07) is 10.8. The monoisotopic (exact) mass is 364 g/mol. The van der Waals surface area contributed by atoms with Crippen LogP contribution in [0.4, 0.5) is 0 Å². The lowest BCUT2D eigenvalue weighted by Gasteiger charge is -2.33. The van der Waals surface area contributed by atoms with Crippen molar-refractivity contribution in [3.8, 4) is 5.75 Å². The third kappa shape index (κ3) is 3.56. The lowest BCUT2D eigenvalue weighted by molar-refractivity contribution is 0.192. The van der Waals surface area contributed by atoms with Crippen LogP contribution in [0.5, 0.6) is 5.75 Å². The van der Waals surface area contributed by atoms with Crippen LogP contribution < -0.4 is 4.74 Å². The van der Waals surface area contributed by atoms with Crippen LogP contribution in [-0.4, -0.2) is 39.6 Å². The summed E-state index contributed by atoms with van der Waals surface area (Å²) in [5, 5.41) is 0. The van der Waals surface area contributed by atoms with Gasteiger partial charge in [-0.05, 0) is 51.4 Å². The van der Waals surface area contributed by atoms with Gasteiger partial charge in [0.2, 0.25) is 0 Å². The second-order valence-corrected chi connectivity index (χ2v) is 7.68. The molecular formula is C22H28N4O. The molecule has 1 aromatic carbocycles. The standard InChI is InChI=1S/C22H28N4O/c1-16(2)26-20-9-5-4-8-19(20)24-22(26)17-7-6-12-25(14-17)15-18-13-23-11-10-21(18)27-3/h4-5,8-11,13,16-17H,6-7,12,14-15H2,1-3H3. The minimum atomic E-state index is 0.404. The third-order valence-corrected chi connectivity index (χ3v) is 5.48. The van der Waals surface area contributed by atoms with E-state index in [0.29, 0.717) is 12.0 Å². The molecule has 3 aromatic rings. The van der Waals surface area contributed by atoms with Gasteiger partial charge in [0, 0.05) is 43.0 Å². The number of nitrogens with zero attached hydrogens (tertiary/aromatic N) is 4. The van der Waals surface area contributed by atoms with Gasteiger partial charge in [0.1, 0.15) is 11.6 Å². The fourth-order valence-electron chi connectivity index (χ4n) is 4.28. The van der Waals surface area contributed by atoms with Gasteiger partial charge < -0.3 is 9.30 Å². The minimum Gasteiger partial charge on any atom is -0.496 e. The molecule has 3 heterocycles. The van der Waals surface area contributed by atoms with Crippen LogP contribution in [-0.2, 0) is 6.54 Å². The normalized spacial score (nSPS) is 18.3. The molecule has 4 rings (SSSR count). The highest BCUT2D eigenvalue weighted by Crippen LogP contribution is 2.32. The van der Waals surface area contributed by atoms with E-state index in [1.165, 1.54) is 24.2 Å². The number of hydrogen-bond donors (Lipinski definition) is 0. The van der Waals surface area contributed by atoms with Crippen molar-refractivity contribution in [2.75, 3.05) is 20.2 Å². The van der Waals surface area contributed by atoms with E-state index in [9.17, 15) is 0 Å². The second-order valence-electron chi connectivity index (χ2n) is 7.68. The Morgan fingerprint density at radius 1 is 1.22 bits per heavy atom. The number of benzene rings is 1. The van der Waals surface area contributed by atoms with E-state index < -0.39 is 0 Å². The van der Waals surface area contributed by atoms with Crippen LogP contribution in [0.15, 0.2) is 42.7 Å². The highest BCUT2D eigenvalue weighted by molar-refractivity contribution is 5.76. The zero-order valence-corrected chi connectivity index (χ0v) is 16.4. The Hall–Kier alpha value is -2.40. The molecule has 1 aliphatic heterocycles. The van der Waals surface area contributed by atoms with Crippen molar-refractivity contribution in [2.24, 2.45) is 0 Å². The Morgan fingerprint density at radius 2 is 2.07 bits per heavy atom. The first kappa shape index (κ1) is 18.0. The van der Waals surface area contributed by atoms with Crippen LogP contribution in [0.1, 0.15) is 50.0 Å². The number of pyridine rings is 1. The molecule has 0 saturated carbocycles. The van der Waals surface area contributed by atoms with Crippen LogP contribution in [0.2, 0.25) is 0 Å². The summed E-state index contributed by atoms with van der Waals surface area (Å²) in [5.74, 6) is 2.60. The average Bonchev–Trinajstić information content (AvgIpc) is 3.08. The summed E-state index contributed by atoms with van der Waals surface area (Å²) in [7, 11) is 1.73. The molecule has 5 nitrogen and oxygen atoms in total. The molecule has 27 heavy (non-hydrogen) atoms. The first-order valence-corrected chi connectivity index (χ1v) is 9.83. The number of rotatable bonds is 5. The maximum Gasteiger partial charge on any atom is 0.126 e. The maximum absolute atomic E-state index is 5.51. The van der Waals surface area contributed by atoms with Gasteiger partial charge in [0.15, 0.2) is 0 Å². The number of para-hydroxylation sites is 2. The number of likely N-dealkylation sites (tertiary alicyclic amines) is 1. The molecule has 2 aromatic heterocycles. The molecule has 1 saturated heterocycles. The molecule has 0 N–H and O–H groups in total. The SMILES string of the molecule is COc1ccncc1CN1CCCC(c2nc3ccccc3n2C(C)C)C1. The van der Waals surface area contributed by atoms with Gasteiger partial charge in [0.05, 0.1) is 18.1 Å². The molecule has 5 heteroatoms. The molecule has 142 valence electrons. The van der Waals surface area contributed by atoms with Gasteiger partial charge in [-0.15, -0.1) is 0 Å². The molecule has 1 atom stereocenters. The Kier molecular flexibility index (Phi) is 5.12. The predicted octanol–water partition coefficient (Wildman–Crippen LogP) is 4.40. The van der Waals surface area contributed by atoms with Gasteiger partial charge in [0.25, 0.3) is 0 Å². The average molecular weight is 364 g/mol. The summed E-state index contributed by atoms with van der Waals surface area (Å²) < 4.78 is 7.93. The summed E-state index contributed by atoms with van der Waals surface area (Å²) in [4.78, 5) is 11.8. The number of aromatic nitrogens is 3. The zero-order chi connectivity index (χ0) is 18.8. The van der Waals surface area contributed by atoms with Gasteiger partial charge in [-0.2, -0.15) is 0 Å². The molecule has 1 fully saturated rings. The first-order chi connectivity index (χ1) is 13.2. The number of hydrogen-bond acceptors (Lipinski definition) is 4. The molecule has 0 aliphatic carbocycles. The second kappa shape index (κ2) is 7.69. The maximum atomic E-state index is 5.51. The Bertz CT molecular complexity index is 918. The fraction of sp³-hybridized carbons (Fsp3) is 0.455. The van der Waals surface area contributed by atoms with Crippen LogP contribution in [0.3, 0.4) is 0 Å². The lowest BCUT2D eigenvalue weighted by atomic mass is 9.96. The number of imidazole rings is 1. The third-order valence-electron chi connectivity index (χ3n) is 5.48. The van der Waals surface area contributed by atoms with Gasteiger partial charge in [-0.3, -0.25) is 9.88 Å². The number of piperidine rings is 1. The smallest absolute Gasteiger partial charge is 0.126 e. The highest BCUT2D eigenvalue weighted by Gasteiger charge is 2.27. The molecule has 0 amide bonds. The predicted molar refractivity (Wildman–Crippen MR) is 108 cm³/mol. The summed E-state index contributed by atoms with van der Waals surface area (Å²) in [6.07, 6.45) is 6.09. The highest BCUT2D eigenvalue weighted by atomic mass is 16.5. The summed E-state index contributed by atoms with van der Waals surface area (Å²) >= 11 is 0. The van der Waals surface area contributed by atoms with Crippen LogP contribution in [0, 0.1) is 0 Å². The first-order valence-electron chi connectivity index (χ1n) is 9.83. The van der Waals surface area contributed by atoms with E-state index in [4.69, 9.17) is 9.72 Å². The Balaban J connectivity index is 1.60. The largest absolute Gasteiger partial charge is 0.496 e. The minimum absolute atomic E-state index is 0.404. The topological polar surface area (TPSA) is 43.2 Å². The van der Waals surface area contributed by atoms with Crippen molar-refractivity contribution in [3.05, 3.63) is 54.1 Å². The van der Waals surface area contributed by atoms with Gasteiger partial charge in [-0.1, -0.05) is 12.1 Å². The molecule has 0 bridgehead atoms. The van der Waals surface area contributed by atoms with Crippen molar-refractivity contribution >= 4 is 11.0 Å².